The molecule has 5 nitrogen and oxygen atoms in total. The Kier molecular flexibility index (Phi) is 6.37. The van der Waals surface area contributed by atoms with E-state index >= 15 is 0 Å². The fourth-order valence-electron chi connectivity index (χ4n) is 0.757. The van der Waals surface area contributed by atoms with Crippen molar-refractivity contribution in [3.63, 3.8) is 0 Å². The fraction of sp³-hybridized carbons (Fsp3) is 0.600. The molecule has 0 aliphatic carbocycles. The summed E-state index contributed by atoms with van der Waals surface area (Å²) in [6.07, 6.45) is -0.716. The summed E-state index contributed by atoms with van der Waals surface area (Å²) in [5, 5.41) is 0. The zero-order valence-electron chi connectivity index (χ0n) is 9.24. The molecule has 0 heterocycles. The van der Waals surface area contributed by atoms with E-state index in [4.69, 9.17) is 9.47 Å². The second kappa shape index (κ2) is 7.00. The number of hydrogen-bond acceptors (Lipinski definition) is 5. The molecule has 0 aliphatic heterocycles. The molecule has 0 bridgehead atoms. The first kappa shape index (κ1) is 13.6. The number of rotatable bonds is 6. The van der Waals surface area contributed by atoms with Gasteiger partial charge in [0.15, 0.2) is 6.10 Å². The molecule has 0 fully saturated rings. The largest absolute Gasteiger partial charge is 0.466 e. The lowest BCUT2D eigenvalue weighted by molar-refractivity contribution is -0.155. The molecule has 0 aromatic carbocycles. The van der Waals surface area contributed by atoms with Crippen molar-refractivity contribution in [3.05, 3.63) is 12.2 Å². The van der Waals surface area contributed by atoms with Crippen LogP contribution in [-0.4, -0.2) is 38.4 Å². The summed E-state index contributed by atoms with van der Waals surface area (Å²) in [5.74, 6) is -1.01. The van der Waals surface area contributed by atoms with Crippen LogP contribution in [0.3, 0.4) is 0 Å². The van der Waals surface area contributed by atoms with E-state index in [1.807, 2.05) is 0 Å². The van der Waals surface area contributed by atoms with Crippen molar-refractivity contribution in [2.45, 2.75) is 20.0 Å². The van der Waals surface area contributed by atoms with Crippen LogP contribution in [-0.2, 0) is 23.8 Å². The number of hydrogen-bond donors (Lipinski definition) is 0. The van der Waals surface area contributed by atoms with Crippen molar-refractivity contribution in [3.8, 4) is 0 Å². The van der Waals surface area contributed by atoms with E-state index in [0.29, 0.717) is 6.61 Å². The lowest BCUT2D eigenvalue weighted by Gasteiger charge is -2.11. The Morgan fingerprint density at radius 2 is 2.00 bits per heavy atom. The summed E-state index contributed by atoms with van der Waals surface area (Å²) in [5.41, 5.74) is 0.161. The van der Waals surface area contributed by atoms with Gasteiger partial charge in [-0.2, -0.15) is 0 Å². The van der Waals surface area contributed by atoms with E-state index in [9.17, 15) is 9.59 Å². The maximum absolute atomic E-state index is 11.1. The summed E-state index contributed by atoms with van der Waals surface area (Å²) in [7, 11) is 1.25. The number of ether oxygens (including phenoxy) is 3. The highest BCUT2D eigenvalue weighted by molar-refractivity contribution is 5.87. The molecule has 0 aliphatic rings. The van der Waals surface area contributed by atoms with Gasteiger partial charge in [-0.3, -0.25) is 0 Å². The van der Waals surface area contributed by atoms with E-state index in [2.05, 4.69) is 11.3 Å². The standard InChI is InChI=1S/C10H16O5/c1-5-14-10(12)8(3)15-6-7(2)9(11)13-4/h8H,2,5-6H2,1,3-4H3. The molecule has 0 N–H and O–H groups in total. The maximum Gasteiger partial charge on any atom is 0.335 e. The van der Waals surface area contributed by atoms with Crippen molar-refractivity contribution in [1.29, 1.82) is 0 Å². The summed E-state index contributed by atoms with van der Waals surface area (Å²) in [6, 6.07) is 0. The first-order chi connectivity index (χ1) is 7.02. The molecular weight excluding hydrogens is 200 g/mol. The molecule has 0 rings (SSSR count). The van der Waals surface area contributed by atoms with Gasteiger partial charge in [-0.05, 0) is 13.8 Å². The Hall–Kier alpha value is -1.36. The fourth-order valence-corrected chi connectivity index (χ4v) is 0.757. The van der Waals surface area contributed by atoms with Crippen LogP contribution in [0.2, 0.25) is 0 Å². The summed E-state index contributed by atoms with van der Waals surface area (Å²) in [4.78, 5) is 22.0. The number of carbonyl (C=O) groups is 2. The predicted molar refractivity (Wildman–Crippen MR) is 53.2 cm³/mol. The third kappa shape index (κ3) is 5.17. The van der Waals surface area contributed by atoms with Crippen LogP contribution in [0.25, 0.3) is 0 Å². The molecule has 0 amide bonds. The minimum atomic E-state index is -0.716. The Labute approximate surface area is 89.0 Å². The second-order valence-corrected chi connectivity index (χ2v) is 2.80. The Morgan fingerprint density at radius 3 is 2.47 bits per heavy atom. The quantitative estimate of drug-likeness (QED) is 0.482. The summed E-state index contributed by atoms with van der Waals surface area (Å²) >= 11 is 0. The number of esters is 2. The zero-order valence-corrected chi connectivity index (χ0v) is 9.24. The van der Waals surface area contributed by atoms with Crippen molar-refractivity contribution < 1.29 is 23.8 Å². The second-order valence-electron chi connectivity index (χ2n) is 2.80. The topological polar surface area (TPSA) is 61.8 Å². The van der Waals surface area contributed by atoms with Crippen LogP contribution in [0, 0.1) is 0 Å². The Balaban J connectivity index is 3.90. The highest BCUT2D eigenvalue weighted by Gasteiger charge is 2.16. The van der Waals surface area contributed by atoms with E-state index in [1.54, 1.807) is 13.8 Å². The predicted octanol–water partition coefficient (Wildman–Crippen LogP) is 0.684. The zero-order chi connectivity index (χ0) is 11.8. The van der Waals surface area contributed by atoms with E-state index < -0.39 is 18.0 Å². The first-order valence-corrected chi connectivity index (χ1v) is 4.57. The molecule has 0 aromatic rings. The lowest BCUT2D eigenvalue weighted by Crippen LogP contribution is -2.25. The van der Waals surface area contributed by atoms with Crippen LogP contribution in [0.5, 0.6) is 0 Å². The van der Waals surface area contributed by atoms with E-state index in [0.717, 1.165) is 0 Å². The minimum absolute atomic E-state index is 0.0490. The van der Waals surface area contributed by atoms with E-state index in [1.165, 1.54) is 7.11 Å². The van der Waals surface area contributed by atoms with Crippen molar-refractivity contribution in [1.82, 2.24) is 0 Å². The van der Waals surface area contributed by atoms with Gasteiger partial charge in [0.05, 0.1) is 25.9 Å². The SMILES string of the molecule is C=C(COC(C)C(=O)OCC)C(=O)OC. The normalized spacial score (nSPS) is 11.7. The molecule has 0 radical (unpaired) electrons. The monoisotopic (exact) mass is 216 g/mol. The average molecular weight is 216 g/mol. The average Bonchev–Trinajstić information content (AvgIpc) is 2.24. The minimum Gasteiger partial charge on any atom is -0.466 e. The van der Waals surface area contributed by atoms with Crippen molar-refractivity contribution in [2.75, 3.05) is 20.3 Å². The first-order valence-electron chi connectivity index (χ1n) is 4.57. The van der Waals surface area contributed by atoms with Gasteiger partial charge in [-0.15, -0.1) is 0 Å². The highest BCUT2D eigenvalue weighted by Crippen LogP contribution is 2.00. The van der Waals surface area contributed by atoms with E-state index in [-0.39, 0.29) is 12.2 Å². The molecule has 0 aromatic heterocycles. The van der Waals surface area contributed by atoms with Gasteiger partial charge < -0.3 is 14.2 Å². The van der Waals surface area contributed by atoms with Crippen LogP contribution in [0.1, 0.15) is 13.8 Å². The maximum atomic E-state index is 11.1. The van der Waals surface area contributed by atoms with Crippen LogP contribution < -0.4 is 0 Å². The van der Waals surface area contributed by atoms with Crippen LogP contribution >= 0.6 is 0 Å². The Bertz CT molecular complexity index is 246. The van der Waals surface area contributed by atoms with Gasteiger partial charge in [-0.25, -0.2) is 9.59 Å². The van der Waals surface area contributed by atoms with Gasteiger partial charge >= 0.3 is 11.9 Å². The van der Waals surface area contributed by atoms with Crippen LogP contribution in [0.15, 0.2) is 12.2 Å². The third-order valence-corrected chi connectivity index (χ3v) is 1.60. The number of methoxy groups -OCH3 is 1. The molecule has 1 unspecified atom stereocenters. The van der Waals surface area contributed by atoms with Gasteiger partial charge in [-0.1, -0.05) is 6.58 Å². The highest BCUT2D eigenvalue weighted by atomic mass is 16.6. The molecule has 0 spiro atoms. The van der Waals surface area contributed by atoms with Crippen molar-refractivity contribution >= 4 is 11.9 Å². The molecule has 5 heteroatoms. The molecule has 15 heavy (non-hydrogen) atoms. The van der Waals surface area contributed by atoms with Gasteiger partial charge in [0, 0.05) is 0 Å². The third-order valence-electron chi connectivity index (χ3n) is 1.60. The smallest absolute Gasteiger partial charge is 0.335 e. The van der Waals surface area contributed by atoms with Crippen molar-refractivity contribution in [2.24, 2.45) is 0 Å². The molecule has 0 saturated carbocycles. The molecular formula is C10H16O5. The van der Waals surface area contributed by atoms with Gasteiger partial charge in [0.1, 0.15) is 0 Å². The lowest BCUT2D eigenvalue weighted by atomic mass is 10.3. The summed E-state index contributed by atoms with van der Waals surface area (Å²) in [6.45, 7) is 6.95. The molecule has 0 saturated heterocycles. The molecule has 1 atom stereocenters. The Morgan fingerprint density at radius 1 is 1.40 bits per heavy atom. The summed E-state index contributed by atoms with van der Waals surface area (Å²) < 4.78 is 14.2. The van der Waals surface area contributed by atoms with Gasteiger partial charge in [0.25, 0.3) is 0 Å². The molecule has 86 valence electrons. The number of carbonyl (C=O) groups excluding carboxylic acids is 2. The van der Waals surface area contributed by atoms with Gasteiger partial charge in [0.2, 0.25) is 0 Å². The van der Waals surface area contributed by atoms with Crippen LogP contribution in [0.4, 0.5) is 0 Å².